The van der Waals surface area contributed by atoms with E-state index in [9.17, 15) is 4.79 Å². The first-order valence-electron chi connectivity index (χ1n) is 6.12. The average molecular weight is 250 g/mol. The Kier molecular flexibility index (Phi) is 4.17. The molecule has 1 aliphatic heterocycles. The predicted molar refractivity (Wildman–Crippen MR) is 69.1 cm³/mol. The van der Waals surface area contributed by atoms with Crippen LogP contribution in [0.25, 0.3) is 0 Å². The summed E-state index contributed by atoms with van der Waals surface area (Å²) in [6, 6.07) is 6.98. The molecule has 98 valence electrons. The van der Waals surface area contributed by atoms with Gasteiger partial charge in [-0.2, -0.15) is 0 Å². The number of piperazine rings is 1. The predicted octanol–water partition coefficient (Wildman–Crippen LogP) is 0.499. The minimum absolute atomic E-state index is 0.202. The molecule has 0 aromatic heterocycles. The summed E-state index contributed by atoms with van der Waals surface area (Å²) in [4.78, 5) is 15.2. The maximum absolute atomic E-state index is 10.8. The Balaban J connectivity index is 1.95. The molecule has 1 saturated heterocycles. The van der Waals surface area contributed by atoms with Gasteiger partial charge in [-0.05, 0) is 24.3 Å². The molecule has 0 spiro atoms. The number of benzene rings is 1. The van der Waals surface area contributed by atoms with Crippen LogP contribution in [0.1, 0.15) is 10.4 Å². The van der Waals surface area contributed by atoms with E-state index in [0.29, 0.717) is 5.56 Å². The van der Waals surface area contributed by atoms with Crippen molar-refractivity contribution in [3.8, 4) is 0 Å². The summed E-state index contributed by atoms with van der Waals surface area (Å²) in [7, 11) is 0. The van der Waals surface area contributed by atoms with Crippen LogP contribution in [0, 0.1) is 0 Å². The fourth-order valence-electron chi connectivity index (χ4n) is 2.19. The molecule has 1 aromatic rings. The van der Waals surface area contributed by atoms with Gasteiger partial charge in [-0.3, -0.25) is 4.90 Å². The zero-order valence-electron chi connectivity index (χ0n) is 10.2. The van der Waals surface area contributed by atoms with Gasteiger partial charge in [0.25, 0.3) is 0 Å². The SMILES string of the molecule is O=C(O)c1ccc(N2CCN(CCO)CC2)cc1. The third-order valence-corrected chi connectivity index (χ3v) is 3.27. The van der Waals surface area contributed by atoms with Gasteiger partial charge in [0.1, 0.15) is 0 Å². The molecule has 18 heavy (non-hydrogen) atoms. The van der Waals surface area contributed by atoms with Gasteiger partial charge in [0.05, 0.1) is 12.2 Å². The summed E-state index contributed by atoms with van der Waals surface area (Å²) < 4.78 is 0. The van der Waals surface area contributed by atoms with Crippen molar-refractivity contribution in [2.75, 3.05) is 44.2 Å². The number of anilines is 1. The second-order valence-corrected chi connectivity index (χ2v) is 4.40. The molecule has 0 atom stereocenters. The highest BCUT2D eigenvalue weighted by atomic mass is 16.4. The molecule has 1 aliphatic rings. The number of rotatable bonds is 4. The van der Waals surface area contributed by atoms with Crippen LogP contribution in [0.3, 0.4) is 0 Å². The smallest absolute Gasteiger partial charge is 0.335 e. The number of carboxylic acid groups (broad SMARTS) is 1. The maximum atomic E-state index is 10.8. The third-order valence-electron chi connectivity index (χ3n) is 3.27. The van der Waals surface area contributed by atoms with E-state index < -0.39 is 5.97 Å². The van der Waals surface area contributed by atoms with Gasteiger partial charge in [0.15, 0.2) is 0 Å². The van der Waals surface area contributed by atoms with Crippen LogP contribution in [0.4, 0.5) is 5.69 Å². The van der Waals surface area contributed by atoms with Crippen molar-refractivity contribution in [1.29, 1.82) is 0 Å². The Morgan fingerprint density at radius 3 is 2.22 bits per heavy atom. The highest BCUT2D eigenvalue weighted by Crippen LogP contribution is 2.17. The molecule has 0 aliphatic carbocycles. The van der Waals surface area contributed by atoms with Gasteiger partial charge in [0.2, 0.25) is 0 Å². The molecule has 0 radical (unpaired) electrons. The molecule has 1 heterocycles. The van der Waals surface area contributed by atoms with Crippen LogP contribution in [-0.4, -0.2) is 60.4 Å². The lowest BCUT2D eigenvalue weighted by atomic mass is 10.2. The Morgan fingerprint density at radius 2 is 1.72 bits per heavy atom. The molecule has 5 heteroatoms. The lowest BCUT2D eigenvalue weighted by Crippen LogP contribution is -2.47. The molecule has 0 bridgehead atoms. The minimum atomic E-state index is -0.894. The number of nitrogens with zero attached hydrogens (tertiary/aromatic N) is 2. The van der Waals surface area contributed by atoms with Crippen molar-refractivity contribution in [3.05, 3.63) is 29.8 Å². The molecule has 0 unspecified atom stereocenters. The van der Waals surface area contributed by atoms with Crippen molar-refractivity contribution >= 4 is 11.7 Å². The largest absolute Gasteiger partial charge is 0.478 e. The second-order valence-electron chi connectivity index (χ2n) is 4.40. The summed E-state index contributed by atoms with van der Waals surface area (Å²) in [5, 5.41) is 17.7. The number of aliphatic hydroxyl groups is 1. The topological polar surface area (TPSA) is 64.0 Å². The monoisotopic (exact) mass is 250 g/mol. The Labute approximate surface area is 106 Å². The first-order valence-corrected chi connectivity index (χ1v) is 6.12. The van der Waals surface area contributed by atoms with Crippen molar-refractivity contribution in [2.24, 2.45) is 0 Å². The van der Waals surface area contributed by atoms with Crippen LogP contribution in [0.5, 0.6) is 0 Å². The van der Waals surface area contributed by atoms with E-state index in [1.54, 1.807) is 12.1 Å². The molecule has 1 fully saturated rings. The number of carbonyl (C=O) groups is 1. The van der Waals surface area contributed by atoms with E-state index in [-0.39, 0.29) is 6.61 Å². The van der Waals surface area contributed by atoms with Crippen LogP contribution in [0.2, 0.25) is 0 Å². The van der Waals surface area contributed by atoms with E-state index in [0.717, 1.165) is 38.4 Å². The summed E-state index contributed by atoms with van der Waals surface area (Å²) in [5.41, 5.74) is 1.38. The number of carboxylic acids is 1. The minimum Gasteiger partial charge on any atom is -0.478 e. The van der Waals surface area contributed by atoms with Crippen molar-refractivity contribution in [2.45, 2.75) is 0 Å². The van der Waals surface area contributed by atoms with Gasteiger partial charge in [0, 0.05) is 38.4 Å². The molecular weight excluding hydrogens is 232 g/mol. The van der Waals surface area contributed by atoms with E-state index in [1.807, 2.05) is 12.1 Å². The number of hydrogen-bond acceptors (Lipinski definition) is 4. The molecule has 1 aromatic carbocycles. The van der Waals surface area contributed by atoms with Gasteiger partial charge in [-0.1, -0.05) is 0 Å². The van der Waals surface area contributed by atoms with E-state index in [4.69, 9.17) is 10.2 Å². The summed E-state index contributed by atoms with van der Waals surface area (Å²) in [6.45, 7) is 4.61. The van der Waals surface area contributed by atoms with Crippen molar-refractivity contribution in [1.82, 2.24) is 4.90 Å². The zero-order chi connectivity index (χ0) is 13.0. The summed E-state index contributed by atoms with van der Waals surface area (Å²) >= 11 is 0. The van der Waals surface area contributed by atoms with Gasteiger partial charge in [-0.25, -0.2) is 4.79 Å². The summed E-state index contributed by atoms with van der Waals surface area (Å²) in [6.07, 6.45) is 0. The standard InChI is InChI=1S/C13H18N2O3/c16-10-9-14-5-7-15(8-6-14)12-3-1-11(2-4-12)13(17)18/h1-4,16H,5-10H2,(H,17,18). The fraction of sp³-hybridized carbons (Fsp3) is 0.462. The second kappa shape index (κ2) is 5.84. The normalized spacial score (nSPS) is 16.8. The van der Waals surface area contributed by atoms with Crippen LogP contribution in [-0.2, 0) is 0 Å². The van der Waals surface area contributed by atoms with Crippen molar-refractivity contribution < 1.29 is 15.0 Å². The average Bonchev–Trinajstić information content (AvgIpc) is 2.40. The number of aromatic carboxylic acids is 1. The maximum Gasteiger partial charge on any atom is 0.335 e. The molecule has 2 rings (SSSR count). The van der Waals surface area contributed by atoms with E-state index in [1.165, 1.54) is 0 Å². The lowest BCUT2D eigenvalue weighted by Gasteiger charge is -2.35. The van der Waals surface area contributed by atoms with Crippen LogP contribution >= 0.6 is 0 Å². The lowest BCUT2D eigenvalue weighted by molar-refractivity contribution is 0.0697. The first kappa shape index (κ1) is 12.9. The van der Waals surface area contributed by atoms with Crippen molar-refractivity contribution in [3.63, 3.8) is 0 Å². The number of aliphatic hydroxyl groups excluding tert-OH is 1. The van der Waals surface area contributed by atoms with Gasteiger partial charge >= 0.3 is 5.97 Å². The Bertz CT molecular complexity index is 397. The quantitative estimate of drug-likeness (QED) is 0.814. The molecular formula is C13H18N2O3. The van der Waals surface area contributed by atoms with E-state index in [2.05, 4.69) is 9.80 Å². The van der Waals surface area contributed by atoms with Crippen LogP contribution in [0.15, 0.2) is 24.3 Å². The number of β-amino-alcohol motifs (C(OH)–C–C–N with tert-alkyl or cyclic N) is 1. The molecule has 0 amide bonds. The Morgan fingerprint density at radius 1 is 1.11 bits per heavy atom. The first-order chi connectivity index (χ1) is 8.70. The van der Waals surface area contributed by atoms with Gasteiger partial charge in [-0.15, -0.1) is 0 Å². The zero-order valence-corrected chi connectivity index (χ0v) is 10.2. The van der Waals surface area contributed by atoms with E-state index >= 15 is 0 Å². The molecule has 5 nitrogen and oxygen atoms in total. The molecule has 2 N–H and O–H groups in total. The Hall–Kier alpha value is -1.59. The summed E-state index contributed by atoms with van der Waals surface area (Å²) in [5.74, 6) is -0.894. The highest BCUT2D eigenvalue weighted by molar-refractivity contribution is 5.88. The number of hydrogen-bond donors (Lipinski definition) is 2. The third kappa shape index (κ3) is 3.00. The highest BCUT2D eigenvalue weighted by Gasteiger charge is 2.16. The van der Waals surface area contributed by atoms with Gasteiger partial charge < -0.3 is 15.1 Å². The van der Waals surface area contributed by atoms with Crippen LogP contribution < -0.4 is 4.90 Å². The fourth-order valence-corrected chi connectivity index (χ4v) is 2.19. The molecule has 0 saturated carbocycles.